The zero-order chi connectivity index (χ0) is 16.1. The van der Waals surface area contributed by atoms with E-state index in [4.69, 9.17) is 4.74 Å². The first-order chi connectivity index (χ1) is 10.6. The Bertz CT molecular complexity index is 657. The number of aromatic nitrogens is 1. The van der Waals surface area contributed by atoms with Gasteiger partial charge in [0.2, 0.25) is 0 Å². The number of benzene rings is 1. The molecular weight excluding hydrogens is 364 g/mol. The second-order valence-electron chi connectivity index (χ2n) is 4.82. The summed E-state index contributed by atoms with van der Waals surface area (Å²) in [5, 5.41) is 2.56. The van der Waals surface area contributed by atoms with Gasteiger partial charge in [-0.1, -0.05) is 28.9 Å². The van der Waals surface area contributed by atoms with Gasteiger partial charge in [-0.2, -0.15) is 0 Å². The van der Waals surface area contributed by atoms with Gasteiger partial charge in [-0.25, -0.2) is 9.78 Å². The number of hydrogen-bond donors (Lipinski definition) is 0. The lowest BCUT2D eigenvalue weighted by Gasteiger charge is -2.23. The molecule has 0 N–H and O–H groups in total. The Morgan fingerprint density at radius 2 is 2.18 bits per heavy atom. The molecule has 2 rings (SSSR count). The topological polar surface area (TPSA) is 42.4 Å². The van der Waals surface area contributed by atoms with Crippen LogP contribution in [0.15, 0.2) is 28.1 Å². The smallest absolute Gasteiger partial charge is 0.357 e. The molecule has 0 aliphatic carbocycles. The van der Waals surface area contributed by atoms with E-state index in [2.05, 4.69) is 51.8 Å². The van der Waals surface area contributed by atoms with Gasteiger partial charge in [0.1, 0.15) is 0 Å². The van der Waals surface area contributed by atoms with Crippen molar-refractivity contribution < 1.29 is 9.53 Å². The summed E-state index contributed by atoms with van der Waals surface area (Å²) in [6.07, 6.45) is 0.986. The van der Waals surface area contributed by atoms with Crippen molar-refractivity contribution in [1.82, 2.24) is 4.98 Å². The van der Waals surface area contributed by atoms with Crippen molar-refractivity contribution in [3.63, 3.8) is 0 Å². The van der Waals surface area contributed by atoms with Crippen LogP contribution in [-0.2, 0) is 4.74 Å². The fourth-order valence-electron chi connectivity index (χ4n) is 2.10. The summed E-state index contributed by atoms with van der Waals surface area (Å²) in [4.78, 5) is 18.4. The normalized spacial score (nSPS) is 10.5. The Kier molecular flexibility index (Phi) is 5.97. The summed E-state index contributed by atoms with van der Waals surface area (Å²) < 4.78 is 6.03. The lowest BCUT2D eigenvalue weighted by atomic mass is 10.2. The van der Waals surface area contributed by atoms with Gasteiger partial charge in [0.05, 0.1) is 6.61 Å². The van der Waals surface area contributed by atoms with Gasteiger partial charge in [-0.15, -0.1) is 11.3 Å². The molecule has 0 aliphatic heterocycles. The number of ether oxygens (including phenoxy) is 1. The van der Waals surface area contributed by atoms with Crippen LogP contribution in [0.1, 0.15) is 36.3 Å². The molecule has 0 atom stereocenters. The van der Waals surface area contributed by atoms with Crippen molar-refractivity contribution in [3.8, 4) is 0 Å². The number of hydrogen-bond acceptors (Lipinski definition) is 5. The minimum Gasteiger partial charge on any atom is -0.461 e. The third kappa shape index (κ3) is 3.87. The SMILES string of the molecule is CCCN(c1nc(C(=O)OCC)cs1)c1cc(Br)ccc1C. The van der Waals surface area contributed by atoms with E-state index in [9.17, 15) is 4.79 Å². The predicted octanol–water partition coefficient (Wildman–Crippen LogP) is 4.94. The van der Waals surface area contributed by atoms with E-state index in [1.165, 1.54) is 16.9 Å². The van der Waals surface area contributed by atoms with Crippen molar-refractivity contribution in [2.45, 2.75) is 27.2 Å². The first kappa shape index (κ1) is 17.0. The highest BCUT2D eigenvalue weighted by atomic mass is 79.9. The number of esters is 1. The Morgan fingerprint density at radius 1 is 1.41 bits per heavy atom. The lowest BCUT2D eigenvalue weighted by molar-refractivity contribution is 0.0520. The molecule has 4 nitrogen and oxygen atoms in total. The molecule has 0 aliphatic rings. The molecule has 0 unspecified atom stereocenters. The summed E-state index contributed by atoms with van der Waals surface area (Å²) in [7, 11) is 0. The van der Waals surface area contributed by atoms with E-state index >= 15 is 0 Å². The number of anilines is 2. The van der Waals surface area contributed by atoms with Crippen molar-refractivity contribution in [3.05, 3.63) is 39.3 Å². The van der Waals surface area contributed by atoms with Gasteiger partial charge >= 0.3 is 5.97 Å². The van der Waals surface area contributed by atoms with Crippen LogP contribution in [0.3, 0.4) is 0 Å². The lowest BCUT2D eigenvalue weighted by Crippen LogP contribution is -2.19. The molecule has 2 aromatic rings. The molecule has 1 aromatic carbocycles. The van der Waals surface area contributed by atoms with Crippen molar-refractivity contribution in [2.75, 3.05) is 18.1 Å². The average molecular weight is 383 g/mol. The zero-order valence-electron chi connectivity index (χ0n) is 12.9. The van der Waals surface area contributed by atoms with Gasteiger partial charge in [-0.3, -0.25) is 0 Å². The third-order valence-electron chi connectivity index (χ3n) is 3.12. The Morgan fingerprint density at radius 3 is 2.86 bits per heavy atom. The number of aryl methyl sites for hydroxylation is 1. The highest BCUT2D eigenvalue weighted by Gasteiger charge is 2.18. The van der Waals surface area contributed by atoms with E-state index in [1.807, 2.05) is 6.07 Å². The number of rotatable bonds is 6. The van der Waals surface area contributed by atoms with E-state index in [0.717, 1.165) is 28.3 Å². The molecule has 0 saturated heterocycles. The van der Waals surface area contributed by atoms with Crippen molar-refractivity contribution >= 4 is 44.1 Å². The molecule has 22 heavy (non-hydrogen) atoms. The number of carbonyl (C=O) groups is 1. The summed E-state index contributed by atoms with van der Waals surface area (Å²) in [5.41, 5.74) is 2.64. The Balaban J connectivity index is 2.36. The monoisotopic (exact) mass is 382 g/mol. The average Bonchev–Trinajstić information content (AvgIpc) is 2.97. The van der Waals surface area contributed by atoms with Crippen LogP contribution >= 0.6 is 27.3 Å². The molecule has 0 bridgehead atoms. The maximum Gasteiger partial charge on any atom is 0.357 e. The van der Waals surface area contributed by atoms with Crippen LogP contribution in [0.2, 0.25) is 0 Å². The first-order valence-electron chi connectivity index (χ1n) is 7.23. The van der Waals surface area contributed by atoms with Gasteiger partial charge in [0.15, 0.2) is 10.8 Å². The molecule has 0 saturated carbocycles. The molecule has 118 valence electrons. The quantitative estimate of drug-likeness (QED) is 0.663. The Hall–Kier alpha value is -1.40. The standard InChI is InChI=1S/C16H19BrN2O2S/c1-4-8-19(14-9-12(17)7-6-11(14)3)16-18-13(10-22-16)15(20)21-5-2/h6-7,9-10H,4-5,8H2,1-3H3. The van der Waals surface area contributed by atoms with Crippen molar-refractivity contribution in [2.24, 2.45) is 0 Å². The van der Waals surface area contributed by atoms with E-state index < -0.39 is 0 Å². The van der Waals surface area contributed by atoms with E-state index in [0.29, 0.717) is 12.3 Å². The zero-order valence-corrected chi connectivity index (χ0v) is 15.3. The minimum atomic E-state index is -0.368. The first-order valence-corrected chi connectivity index (χ1v) is 8.90. The minimum absolute atomic E-state index is 0.356. The third-order valence-corrected chi connectivity index (χ3v) is 4.47. The highest BCUT2D eigenvalue weighted by Crippen LogP contribution is 2.33. The molecular formula is C16H19BrN2O2S. The van der Waals surface area contributed by atoms with Crippen molar-refractivity contribution in [1.29, 1.82) is 0 Å². The second-order valence-corrected chi connectivity index (χ2v) is 6.57. The molecule has 0 fully saturated rings. The molecule has 6 heteroatoms. The fourth-order valence-corrected chi connectivity index (χ4v) is 3.29. The van der Waals surface area contributed by atoms with Gasteiger partial charge in [0.25, 0.3) is 0 Å². The maximum atomic E-state index is 11.8. The van der Waals surface area contributed by atoms with Crippen LogP contribution in [-0.4, -0.2) is 24.1 Å². The van der Waals surface area contributed by atoms with Crippen LogP contribution in [0, 0.1) is 6.92 Å². The number of thiazole rings is 1. The van der Waals surface area contributed by atoms with Gasteiger partial charge < -0.3 is 9.64 Å². The highest BCUT2D eigenvalue weighted by molar-refractivity contribution is 9.10. The van der Waals surface area contributed by atoms with E-state index in [1.54, 1.807) is 12.3 Å². The van der Waals surface area contributed by atoms with Gasteiger partial charge in [0, 0.05) is 22.1 Å². The van der Waals surface area contributed by atoms with E-state index in [-0.39, 0.29) is 5.97 Å². The maximum absolute atomic E-state index is 11.8. The summed E-state index contributed by atoms with van der Waals surface area (Å²) in [5.74, 6) is -0.368. The largest absolute Gasteiger partial charge is 0.461 e. The van der Waals surface area contributed by atoms with Crippen LogP contribution < -0.4 is 4.90 Å². The number of nitrogens with zero attached hydrogens (tertiary/aromatic N) is 2. The molecule has 0 spiro atoms. The van der Waals surface area contributed by atoms with Crippen LogP contribution in [0.5, 0.6) is 0 Å². The molecule has 0 radical (unpaired) electrons. The Labute approximate surface area is 143 Å². The number of carbonyl (C=O) groups excluding carboxylic acids is 1. The van der Waals surface area contributed by atoms with Crippen LogP contribution in [0.25, 0.3) is 0 Å². The van der Waals surface area contributed by atoms with Crippen LogP contribution in [0.4, 0.5) is 10.8 Å². The summed E-state index contributed by atoms with van der Waals surface area (Å²) in [6, 6.07) is 6.17. The summed E-state index contributed by atoms with van der Waals surface area (Å²) >= 11 is 4.98. The van der Waals surface area contributed by atoms with Gasteiger partial charge in [-0.05, 0) is 38.0 Å². The summed E-state index contributed by atoms with van der Waals surface area (Å²) in [6.45, 7) is 7.19. The second kappa shape index (κ2) is 7.74. The molecule has 0 amide bonds. The molecule has 1 heterocycles. The fraction of sp³-hybridized carbons (Fsp3) is 0.375. The predicted molar refractivity (Wildman–Crippen MR) is 94.2 cm³/mol. The molecule has 1 aromatic heterocycles. The number of halogens is 1.